The highest BCUT2D eigenvalue weighted by molar-refractivity contribution is 6.33. The first-order valence-electron chi connectivity index (χ1n) is 5.89. The lowest BCUT2D eigenvalue weighted by Gasteiger charge is -2.08. The monoisotopic (exact) mass is 270 g/mol. The zero-order valence-corrected chi connectivity index (χ0v) is 11.1. The van der Waals surface area contributed by atoms with Gasteiger partial charge in [0.25, 0.3) is 5.56 Å². The second-order valence-electron chi connectivity index (χ2n) is 4.29. The van der Waals surface area contributed by atoms with Crippen molar-refractivity contribution in [1.29, 1.82) is 0 Å². The van der Waals surface area contributed by atoms with E-state index in [0.29, 0.717) is 16.3 Å². The maximum absolute atomic E-state index is 12.4. The number of benzene rings is 2. The van der Waals surface area contributed by atoms with Crippen molar-refractivity contribution < 1.29 is 0 Å². The summed E-state index contributed by atoms with van der Waals surface area (Å²) in [6.07, 6.45) is 0. The van der Waals surface area contributed by atoms with Crippen LogP contribution in [0.2, 0.25) is 5.02 Å². The third-order valence-corrected chi connectivity index (χ3v) is 3.44. The minimum atomic E-state index is -0.146. The van der Waals surface area contributed by atoms with Crippen LogP contribution < -0.4 is 5.56 Å². The molecule has 0 spiro atoms. The predicted octanol–water partition coefficient (Wildman–Crippen LogP) is 3.25. The number of aromatic nitrogens is 2. The van der Waals surface area contributed by atoms with E-state index in [1.165, 1.54) is 0 Å². The molecule has 0 aliphatic rings. The highest BCUT2D eigenvalue weighted by atomic mass is 35.5. The molecule has 0 saturated heterocycles. The van der Waals surface area contributed by atoms with E-state index in [0.717, 1.165) is 11.0 Å². The number of hydrogen-bond acceptors (Lipinski definition) is 2. The Labute approximate surface area is 115 Å². The van der Waals surface area contributed by atoms with Gasteiger partial charge in [-0.3, -0.25) is 4.79 Å². The molecule has 0 aliphatic carbocycles. The van der Waals surface area contributed by atoms with Crippen LogP contribution in [0.3, 0.4) is 0 Å². The van der Waals surface area contributed by atoms with Gasteiger partial charge in [-0.1, -0.05) is 41.9 Å². The van der Waals surface area contributed by atoms with E-state index in [9.17, 15) is 4.79 Å². The fraction of sp³-hybridized carbons (Fsp3) is 0.0667. The topological polar surface area (TPSA) is 34.9 Å². The molecule has 3 aromatic rings. The van der Waals surface area contributed by atoms with Crippen molar-refractivity contribution in [2.45, 2.75) is 0 Å². The standard InChI is InChI=1S/C15H11ClN2O/c1-18-13-9-5-4-8-12(13)17-14(15(18)19)10-6-2-3-7-11(10)16/h2-9H,1H3. The van der Waals surface area contributed by atoms with Crippen molar-refractivity contribution in [3.63, 3.8) is 0 Å². The normalized spacial score (nSPS) is 10.8. The van der Waals surface area contributed by atoms with Gasteiger partial charge in [-0.25, -0.2) is 4.98 Å². The maximum Gasteiger partial charge on any atom is 0.277 e. The van der Waals surface area contributed by atoms with Crippen molar-refractivity contribution in [3.05, 3.63) is 63.9 Å². The smallest absolute Gasteiger partial charge is 0.277 e. The molecule has 3 rings (SSSR count). The lowest BCUT2D eigenvalue weighted by molar-refractivity contribution is 0.896. The van der Waals surface area contributed by atoms with E-state index in [4.69, 9.17) is 11.6 Å². The Hall–Kier alpha value is -2.13. The van der Waals surface area contributed by atoms with Crippen LogP contribution in [0, 0.1) is 0 Å². The van der Waals surface area contributed by atoms with Gasteiger partial charge in [0, 0.05) is 12.6 Å². The first kappa shape index (κ1) is 11.9. The molecule has 0 amide bonds. The zero-order valence-electron chi connectivity index (χ0n) is 10.3. The fourth-order valence-electron chi connectivity index (χ4n) is 2.11. The molecule has 0 radical (unpaired) electrons. The summed E-state index contributed by atoms with van der Waals surface area (Å²) in [6, 6.07) is 14.8. The highest BCUT2D eigenvalue weighted by Gasteiger charge is 2.12. The number of para-hydroxylation sites is 2. The molecule has 0 fully saturated rings. The number of rotatable bonds is 1. The second-order valence-corrected chi connectivity index (χ2v) is 4.70. The number of nitrogens with zero attached hydrogens (tertiary/aromatic N) is 2. The zero-order chi connectivity index (χ0) is 13.4. The molecule has 94 valence electrons. The second kappa shape index (κ2) is 4.52. The van der Waals surface area contributed by atoms with Crippen LogP contribution in [0.1, 0.15) is 0 Å². The minimum absolute atomic E-state index is 0.146. The summed E-state index contributed by atoms with van der Waals surface area (Å²) < 4.78 is 1.60. The Morgan fingerprint density at radius 3 is 2.53 bits per heavy atom. The van der Waals surface area contributed by atoms with Crippen molar-refractivity contribution in [2.75, 3.05) is 0 Å². The molecule has 1 heterocycles. The summed E-state index contributed by atoms with van der Waals surface area (Å²) in [4.78, 5) is 16.8. The summed E-state index contributed by atoms with van der Waals surface area (Å²) in [5.41, 5.74) is 2.48. The van der Waals surface area contributed by atoms with Gasteiger partial charge in [0.15, 0.2) is 0 Å². The molecular formula is C15H11ClN2O. The predicted molar refractivity (Wildman–Crippen MR) is 77.4 cm³/mol. The molecule has 3 nitrogen and oxygen atoms in total. The Morgan fingerprint density at radius 2 is 1.74 bits per heavy atom. The third kappa shape index (κ3) is 1.92. The third-order valence-electron chi connectivity index (χ3n) is 3.11. The fourth-order valence-corrected chi connectivity index (χ4v) is 2.33. The van der Waals surface area contributed by atoms with Crippen molar-refractivity contribution >= 4 is 22.6 Å². The lowest BCUT2D eigenvalue weighted by Crippen LogP contribution is -2.20. The summed E-state index contributed by atoms with van der Waals surface area (Å²) in [5.74, 6) is 0. The largest absolute Gasteiger partial charge is 0.308 e. The summed E-state index contributed by atoms with van der Waals surface area (Å²) >= 11 is 6.15. The van der Waals surface area contributed by atoms with E-state index >= 15 is 0 Å². The Morgan fingerprint density at radius 1 is 1.05 bits per heavy atom. The van der Waals surface area contributed by atoms with Gasteiger partial charge in [0.2, 0.25) is 0 Å². The number of aryl methyl sites for hydroxylation is 1. The summed E-state index contributed by atoms with van der Waals surface area (Å²) in [6.45, 7) is 0. The first-order valence-corrected chi connectivity index (χ1v) is 6.27. The molecule has 19 heavy (non-hydrogen) atoms. The van der Waals surface area contributed by atoms with E-state index < -0.39 is 0 Å². The average molecular weight is 271 g/mol. The van der Waals surface area contributed by atoms with Gasteiger partial charge in [0.05, 0.1) is 16.1 Å². The van der Waals surface area contributed by atoms with Crippen molar-refractivity contribution in [2.24, 2.45) is 7.05 Å². The SMILES string of the molecule is Cn1c(=O)c(-c2ccccc2Cl)nc2ccccc21. The Balaban J connectivity index is 2.40. The Bertz CT molecular complexity index is 824. The molecular weight excluding hydrogens is 260 g/mol. The molecule has 0 saturated carbocycles. The van der Waals surface area contributed by atoms with E-state index in [2.05, 4.69) is 4.98 Å². The lowest BCUT2D eigenvalue weighted by atomic mass is 10.1. The van der Waals surface area contributed by atoms with Crippen LogP contribution in [0.4, 0.5) is 0 Å². The van der Waals surface area contributed by atoms with E-state index in [-0.39, 0.29) is 5.56 Å². The van der Waals surface area contributed by atoms with Gasteiger partial charge in [-0.05, 0) is 18.2 Å². The molecule has 0 unspecified atom stereocenters. The van der Waals surface area contributed by atoms with E-state index in [1.54, 1.807) is 23.7 Å². The van der Waals surface area contributed by atoms with Gasteiger partial charge >= 0.3 is 0 Å². The molecule has 2 aromatic carbocycles. The average Bonchev–Trinajstić information content (AvgIpc) is 2.44. The van der Waals surface area contributed by atoms with Gasteiger partial charge in [-0.2, -0.15) is 0 Å². The van der Waals surface area contributed by atoms with Crippen LogP contribution in [0.5, 0.6) is 0 Å². The van der Waals surface area contributed by atoms with E-state index in [1.807, 2.05) is 36.4 Å². The quantitative estimate of drug-likeness (QED) is 0.680. The van der Waals surface area contributed by atoms with Gasteiger partial charge in [-0.15, -0.1) is 0 Å². The summed E-state index contributed by atoms with van der Waals surface area (Å²) in [5, 5.41) is 0.530. The van der Waals surface area contributed by atoms with Crippen molar-refractivity contribution in [3.8, 4) is 11.3 Å². The molecule has 0 N–H and O–H groups in total. The van der Waals surface area contributed by atoms with Crippen molar-refractivity contribution in [1.82, 2.24) is 9.55 Å². The molecule has 1 aromatic heterocycles. The number of hydrogen-bond donors (Lipinski definition) is 0. The minimum Gasteiger partial charge on any atom is -0.308 e. The summed E-state index contributed by atoms with van der Waals surface area (Å²) in [7, 11) is 1.74. The molecule has 0 bridgehead atoms. The number of halogens is 1. The van der Waals surface area contributed by atoms with Crippen LogP contribution in [-0.4, -0.2) is 9.55 Å². The first-order chi connectivity index (χ1) is 9.18. The van der Waals surface area contributed by atoms with Gasteiger partial charge < -0.3 is 4.57 Å². The highest BCUT2D eigenvalue weighted by Crippen LogP contribution is 2.24. The van der Waals surface area contributed by atoms with Crippen LogP contribution in [0.15, 0.2) is 53.3 Å². The molecule has 0 aliphatic heterocycles. The maximum atomic E-state index is 12.4. The number of fused-ring (bicyclic) bond motifs is 1. The van der Waals surface area contributed by atoms with Crippen LogP contribution >= 0.6 is 11.6 Å². The van der Waals surface area contributed by atoms with Gasteiger partial charge in [0.1, 0.15) is 5.69 Å². The Kier molecular flexibility index (Phi) is 2.84. The molecule has 4 heteroatoms. The van der Waals surface area contributed by atoms with Crippen LogP contribution in [0.25, 0.3) is 22.3 Å². The van der Waals surface area contributed by atoms with Crippen LogP contribution in [-0.2, 0) is 7.05 Å². The molecule has 0 atom stereocenters.